The number of nitrogens with zero attached hydrogens (tertiary/aromatic N) is 3. The normalized spacial score (nSPS) is 20.2. The Hall–Kier alpha value is -3.43. The van der Waals surface area contributed by atoms with E-state index >= 15 is 0 Å². The number of rotatable bonds is 7. The van der Waals surface area contributed by atoms with Crippen LogP contribution in [0.2, 0.25) is 0 Å². The molecule has 2 aliphatic heterocycles. The molecule has 194 valence electrons. The molecule has 2 unspecified atom stereocenters. The van der Waals surface area contributed by atoms with Gasteiger partial charge in [-0.1, -0.05) is 6.92 Å². The Morgan fingerprint density at radius 1 is 1.17 bits per heavy atom. The van der Waals surface area contributed by atoms with Crippen LogP contribution in [0.3, 0.4) is 0 Å². The van der Waals surface area contributed by atoms with Gasteiger partial charge in [-0.25, -0.2) is 9.69 Å². The monoisotopic (exact) mass is 529 g/mol. The highest BCUT2D eigenvalue weighted by atomic mass is 32.2. The van der Waals surface area contributed by atoms with Gasteiger partial charge in [-0.3, -0.25) is 14.5 Å². The topological polar surface area (TPSA) is 130 Å². The molecule has 4 rings (SSSR count). The molecule has 2 fully saturated rings. The van der Waals surface area contributed by atoms with Gasteiger partial charge in [0.15, 0.2) is 0 Å². The number of imide groups is 1. The Labute approximate surface area is 204 Å². The van der Waals surface area contributed by atoms with Crippen molar-refractivity contribution < 1.29 is 40.7 Å². The summed E-state index contributed by atoms with van der Waals surface area (Å²) in [5.74, 6) is -1.85. The van der Waals surface area contributed by atoms with Crippen molar-refractivity contribution in [2.75, 3.05) is 35.9 Å². The zero-order valence-corrected chi connectivity index (χ0v) is 19.7. The average molecular weight is 529 g/mol. The van der Waals surface area contributed by atoms with Crippen LogP contribution in [0.5, 0.6) is 5.75 Å². The summed E-state index contributed by atoms with van der Waals surface area (Å²) in [4.78, 5) is 30.5. The molecule has 1 aromatic carbocycles. The number of aromatic nitrogens is 1. The molecule has 0 spiro atoms. The second-order valence-electron chi connectivity index (χ2n) is 8.01. The molecule has 0 saturated carbocycles. The number of hydrogen-bond donors (Lipinski definition) is 2. The van der Waals surface area contributed by atoms with Crippen LogP contribution < -0.4 is 19.7 Å². The predicted molar refractivity (Wildman–Crippen MR) is 121 cm³/mol. The van der Waals surface area contributed by atoms with E-state index in [1.54, 1.807) is 6.92 Å². The third-order valence-corrected chi connectivity index (χ3v) is 7.21. The summed E-state index contributed by atoms with van der Waals surface area (Å²) in [5.41, 5.74) is 0.603. The maximum Gasteiger partial charge on any atom is 0.573 e. The molecule has 1 aromatic heterocycles. The first-order valence-electron chi connectivity index (χ1n) is 10.8. The molecule has 15 heteroatoms. The largest absolute Gasteiger partial charge is 0.573 e. The molecule has 2 saturated heterocycles. The number of carbonyl (C=O) groups is 2. The molecule has 0 radical (unpaired) electrons. The number of nitrogens with one attached hydrogen (secondary N) is 2. The number of carbonyl (C=O) groups excluding carboxylic acids is 2. The van der Waals surface area contributed by atoms with Gasteiger partial charge in [-0.05, 0) is 35.9 Å². The number of pyridine rings is 1. The number of hydrogen-bond acceptors (Lipinski definition) is 7. The summed E-state index contributed by atoms with van der Waals surface area (Å²) < 4.78 is 75.6. The van der Waals surface area contributed by atoms with Gasteiger partial charge in [-0.2, -0.15) is 12.7 Å². The van der Waals surface area contributed by atoms with E-state index < -0.39 is 46.2 Å². The number of urea groups is 1. The van der Waals surface area contributed by atoms with Gasteiger partial charge in [-0.15, -0.1) is 13.2 Å². The molecule has 2 aromatic rings. The Morgan fingerprint density at radius 3 is 2.47 bits per heavy atom. The minimum atomic E-state index is -4.88. The van der Waals surface area contributed by atoms with E-state index in [2.05, 4.69) is 19.8 Å². The summed E-state index contributed by atoms with van der Waals surface area (Å²) in [6, 6.07) is 3.97. The minimum absolute atomic E-state index is 0.0460. The number of benzene rings is 1. The maximum atomic E-state index is 13.1. The van der Waals surface area contributed by atoms with Crippen LogP contribution in [0.25, 0.3) is 0 Å². The number of amides is 3. The molecule has 2 N–H and O–H groups in total. The molecule has 2 atom stereocenters. The molecule has 3 amide bonds. The van der Waals surface area contributed by atoms with Crippen LogP contribution in [-0.4, -0.2) is 68.4 Å². The van der Waals surface area contributed by atoms with Crippen LogP contribution in [0.15, 0.2) is 42.7 Å². The lowest BCUT2D eigenvalue weighted by Crippen LogP contribution is -2.43. The van der Waals surface area contributed by atoms with Gasteiger partial charge >= 0.3 is 22.6 Å². The first kappa shape index (κ1) is 25.7. The fraction of sp³-hybridized carbons (Fsp3) is 0.381. The van der Waals surface area contributed by atoms with Crippen LogP contribution in [0.1, 0.15) is 18.4 Å². The molecule has 11 nitrogen and oxygen atoms in total. The molecule has 0 aliphatic carbocycles. The van der Waals surface area contributed by atoms with Gasteiger partial charge in [0.2, 0.25) is 0 Å². The van der Waals surface area contributed by atoms with Crippen molar-refractivity contribution in [1.82, 2.24) is 14.6 Å². The van der Waals surface area contributed by atoms with Crippen molar-refractivity contribution in [3.05, 3.63) is 48.3 Å². The van der Waals surface area contributed by atoms with E-state index in [1.807, 2.05) is 0 Å². The maximum absolute atomic E-state index is 13.1. The van der Waals surface area contributed by atoms with Crippen molar-refractivity contribution in [2.24, 2.45) is 0 Å². The summed E-state index contributed by atoms with van der Waals surface area (Å²) in [7, 11) is -3.92. The zero-order chi connectivity index (χ0) is 26.1. The Balaban J connectivity index is 1.53. The van der Waals surface area contributed by atoms with Crippen LogP contribution in [-0.2, 0) is 19.7 Å². The fourth-order valence-electron chi connectivity index (χ4n) is 3.94. The lowest BCUT2D eigenvalue weighted by atomic mass is 9.93. The summed E-state index contributed by atoms with van der Waals surface area (Å²) in [6.45, 7) is 2.52. The van der Waals surface area contributed by atoms with Crippen molar-refractivity contribution in [3.8, 4) is 5.75 Å². The molecule has 0 bridgehead atoms. The summed E-state index contributed by atoms with van der Waals surface area (Å²) >= 11 is 0. The second-order valence-corrected chi connectivity index (χ2v) is 9.68. The third-order valence-electron chi connectivity index (χ3n) is 5.69. The Bertz CT molecular complexity index is 1240. The average Bonchev–Trinajstić information content (AvgIpc) is 3.12. The highest BCUT2D eigenvalue weighted by Gasteiger charge is 2.43. The molecule has 2 aliphatic rings. The minimum Gasteiger partial charge on any atom is -0.406 e. The van der Waals surface area contributed by atoms with Gasteiger partial charge in [0, 0.05) is 25.2 Å². The molecular weight excluding hydrogens is 507 g/mol. The van der Waals surface area contributed by atoms with E-state index in [9.17, 15) is 31.2 Å². The zero-order valence-electron chi connectivity index (χ0n) is 18.9. The van der Waals surface area contributed by atoms with Crippen LogP contribution in [0.4, 0.5) is 29.3 Å². The lowest BCUT2D eigenvalue weighted by Gasteiger charge is -2.27. The first-order valence-corrected chi connectivity index (χ1v) is 12.2. The van der Waals surface area contributed by atoms with E-state index in [4.69, 9.17) is 4.74 Å². The van der Waals surface area contributed by atoms with Gasteiger partial charge < -0.3 is 14.8 Å². The van der Waals surface area contributed by atoms with Gasteiger partial charge in [0.05, 0.1) is 30.8 Å². The molecular formula is C21H22F3N5O6S. The first-order chi connectivity index (χ1) is 17.0. The van der Waals surface area contributed by atoms with Crippen LogP contribution >= 0.6 is 0 Å². The van der Waals surface area contributed by atoms with E-state index in [0.29, 0.717) is 5.56 Å². The predicted octanol–water partition coefficient (Wildman–Crippen LogP) is 2.20. The number of morpholine rings is 1. The van der Waals surface area contributed by atoms with Gasteiger partial charge in [0.25, 0.3) is 5.91 Å². The van der Waals surface area contributed by atoms with Crippen molar-refractivity contribution >= 4 is 33.5 Å². The molecule has 3 heterocycles. The third kappa shape index (κ3) is 5.52. The quantitative estimate of drug-likeness (QED) is 0.526. The van der Waals surface area contributed by atoms with E-state index in [-0.39, 0.29) is 37.7 Å². The van der Waals surface area contributed by atoms with E-state index in [1.165, 1.54) is 22.8 Å². The highest BCUT2D eigenvalue weighted by molar-refractivity contribution is 7.90. The summed E-state index contributed by atoms with van der Waals surface area (Å²) in [5, 5.41) is 2.56. The number of anilines is 2. The van der Waals surface area contributed by atoms with Crippen molar-refractivity contribution in [2.45, 2.75) is 25.2 Å². The standard InChI is InChI=1S/C21H22F3N5O6S/c1-13(16-6-7-25-12-17(16)27-36(32,33)28-8-10-34-11-9-28)18-19(30)29(20(31)26-18)14-2-4-15(5-3-14)35-21(22,23)24/h2-7,12-13,18,27H,8-11H2,1H3,(H,26,31). The van der Waals surface area contributed by atoms with Gasteiger partial charge in [0.1, 0.15) is 11.8 Å². The van der Waals surface area contributed by atoms with E-state index in [0.717, 1.165) is 29.2 Å². The smallest absolute Gasteiger partial charge is 0.406 e. The fourth-order valence-corrected chi connectivity index (χ4v) is 5.14. The Morgan fingerprint density at radius 2 is 1.83 bits per heavy atom. The number of alkyl halides is 3. The second kappa shape index (κ2) is 9.91. The SMILES string of the molecule is CC(c1ccncc1NS(=O)(=O)N1CCOCC1)C1NC(=O)N(c2ccc(OC(F)(F)F)cc2)C1=O. The lowest BCUT2D eigenvalue weighted by molar-refractivity contribution is -0.274. The highest BCUT2D eigenvalue weighted by Crippen LogP contribution is 2.33. The summed E-state index contributed by atoms with van der Waals surface area (Å²) in [6.07, 6.45) is -2.15. The number of ether oxygens (including phenoxy) is 2. The molecule has 36 heavy (non-hydrogen) atoms. The Kier molecular flexibility index (Phi) is 7.06. The van der Waals surface area contributed by atoms with Crippen molar-refractivity contribution in [3.63, 3.8) is 0 Å². The van der Waals surface area contributed by atoms with Crippen molar-refractivity contribution in [1.29, 1.82) is 0 Å². The van der Waals surface area contributed by atoms with Crippen LogP contribution in [0, 0.1) is 0 Å². The number of halogens is 3.